The summed E-state index contributed by atoms with van der Waals surface area (Å²) in [5.41, 5.74) is 3.47. The number of benzene rings is 2. The number of ether oxygens (including phenoxy) is 1. The fourth-order valence-corrected chi connectivity index (χ4v) is 3.11. The molecule has 1 aliphatic heterocycles. The third kappa shape index (κ3) is 2.97. The first-order valence-electron chi connectivity index (χ1n) is 7.13. The molecule has 4 heteroatoms. The monoisotopic (exact) mass is 349 g/mol. The maximum absolute atomic E-state index is 13.4. The molecule has 2 aromatic rings. The summed E-state index contributed by atoms with van der Waals surface area (Å²) in [6.07, 6.45) is 0.954. The Morgan fingerprint density at radius 1 is 1.24 bits per heavy atom. The molecule has 21 heavy (non-hydrogen) atoms. The van der Waals surface area contributed by atoms with Crippen molar-refractivity contribution in [2.24, 2.45) is 0 Å². The largest absolute Gasteiger partial charge is 0.493 e. The lowest BCUT2D eigenvalue weighted by Gasteiger charge is -2.20. The third-order valence-electron chi connectivity index (χ3n) is 3.73. The van der Waals surface area contributed by atoms with E-state index >= 15 is 0 Å². The average Bonchev–Trinajstić information content (AvgIpc) is 2.95. The van der Waals surface area contributed by atoms with Gasteiger partial charge in [0.05, 0.1) is 17.1 Å². The lowest BCUT2D eigenvalue weighted by molar-refractivity contribution is 0.357. The van der Waals surface area contributed by atoms with Crippen molar-refractivity contribution in [1.82, 2.24) is 5.32 Å². The summed E-state index contributed by atoms with van der Waals surface area (Å²) in [6.45, 7) is 3.67. The average molecular weight is 350 g/mol. The van der Waals surface area contributed by atoms with Gasteiger partial charge in [-0.1, -0.05) is 25.1 Å². The van der Waals surface area contributed by atoms with Gasteiger partial charge in [0.2, 0.25) is 0 Å². The van der Waals surface area contributed by atoms with Crippen molar-refractivity contribution in [1.29, 1.82) is 0 Å². The van der Waals surface area contributed by atoms with E-state index in [0.29, 0.717) is 4.47 Å². The molecule has 0 radical (unpaired) electrons. The van der Waals surface area contributed by atoms with Crippen LogP contribution in [-0.2, 0) is 6.42 Å². The summed E-state index contributed by atoms with van der Waals surface area (Å²) in [5, 5.41) is 3.47. The second kappa shape index (κ2) is 6.16. The van der Waals surface area contributed by atoms with Gasteiger partial charge in [0.25, 0.3) is 0 Å². The predicted molar refractivity (Wildman–Crippen MR) is 85.3 cm³/mol. The first kappa shape index (κ1) is 14.5. The standard InChI is InChI=1S/C17H17BrFNO/c1-2-20-17(13-3-5-15(19)14(18)10-13)12-4-6-16-11(9-12)7-8-21-16/h3-6,9-10,17,20H,2,7-8H2,1H3. The highest BCUT2D eigenvalue weighted by molar-refractivity contribution is 9.10. The Hall–Kier alpha value is -1.39. The van der Waals surface area contributed by atoms with Gasteiger partial charge < -0.3 is 10.1 Å². The summed E-state index contributed by atoms with van der Waals surface area (Å²) in [5.74, 6) is 0.741. The highest BCUT2D eigenvalue weighted by Gasteiger charge is 2.18. The molecule has 0 aromatic heterocycles. The minimum atomic E-state index is -0.239. The zero-order valence-corrected chi connectivity index (χ0v) is 13.4. The van der Waals surface area contributed by atoms with E-state index in [-0.39, 0.29) is 11.9 Å². The molecular formula is C17H17BrFNO. The Morgan fingerprint density at radius 2 is 2.00 bits per heavy atom. The quantitative estimate of drug-likeness (QED) is 0.891. The topological polar surface area (TPSA) is 21.3 Å². The second-order valence-corrected chi connectivity index (χ2v) is 5.98. The molecule has 3 rings (SSSR count). The Morgan fingerprint density at radius 3 is 2.76 bits per heavy atom. The Bertz CT molecular complexity index is 659. The molecule has 2 aromatic carbocycles. The van der Waals surface area contributed by atoms with Crippen molar-refractivity contribution < 1.29 is 9.13 Å². The van der Waals surface area contributed by atoms with Gasteiger partial charge in [0.1, 0.15) is 11.6 Å². The van der Waals surface area contributed by atoms with Crippen molar-refractivity contribution in [3.05, 3.63) is 63.4 Å². The molecule has 1 unspecified atom stereocenters. The lowest BCUT2D eigenvalue weighted by Crippen LogP contribution is -2.22. The molecule has 1 N–H and O–H groups in total. The fourth-order valence-electron chi connectivity index (χ4n) is 2.71. The molecule has 1 atom stereocenters. The van der Waals surface area contributed by atoms with E-state index in [1.54, 1.807) is 0 Å². The van der Waals surface area contributed by atoms with Gasteiger partial charge in [0, 0.05) is 6.42 Å². The summed E-state index contributed by atoms with van der Waals surface area (Å²) in [4.78, 5) is 0. The zero-order valence-electron chi connectivity index (χ0n) is 11.8. The third-order valence-corrected chi connectivity index (χ3v) is 4.34. The van der Waals surface area contributed by atoms with Crippen LogP contribution in [0.3, 0.4) is 0 Å². The lowest BCUT2D eigenvalue weighted by atomic mass is 9.96. The van der Waals surface area contributed by atoms with E-state index in [1.165, 1.54) is 17.2 Å². The van der Waals surface area contributed by atoms with Crippen LogP contribution in [0.15, 0.2) is 40.9 Å². The molecule has 110 valence electrons. The van der Waals surface area contributed by atoms with E-state index < -0.39 is 0 Å². The molecule has 0 aliphatic carbocycles. The van der Waals surface area contributed by atoms with Crippen molar-refractivity contribution in [2.45, 2.75) is 19.4 Å². The van der Waals surface area contributed by atoms with Crippen LogP contribution < -0.4 is 10.1 Å². The highest BCUT2D eigenvalue weighted by atomic mass is 79.9. The number of nitrogens with one attached hydrogen (secondary N) is 1. The normalized spacial score (nSPS) is 14.6. The van der Waals surface area contributed by atoms with Gasteiger partial charge in [-0.15, -0.1) is 0 Å². The highest BCUT2D eigenvalue weighted by Crippen LogP contribution is 2.31. The van der Waals surface area contributed by atoms with Crippen LogP contribution >= 0.6 is 15.9 Å². The number of fused-ring (bicyclic) bond motifs is 1. The zero-order chi connectivity index (χ0) is 14.8. The molecule has 2 nitrogen and oxygen atoms in total. The maximum atomic E-state index is 13.4. The van der Waals surface area contributed by atoms with Crippen LogP contribution in [0.2, 0.25) is 0 Å². The minimum absolute atomic E-state index is 0.0535. The predicted octanol–water partition coefficient (Wildman–Crippen LogP) is 4.22. The van der Waals surface area contributed by atoms with Crippen LogP contribution in [0.5, 0.6) is 5.75 Å². The van der Waals surface area contributed by atoms with Crippen LogP contribution in [-0.4, -0.2) is 13.2 Å². The van der Waals surface area contributed by atoms with Gasteiger partial charge in [0.15, 0.2) is 0 Å². The van der Waals surface area contributed by atoms with Crippen molar-refractivity contribution >= 4 is 15.9 Å². The molecule has 1 aliphatic rings. The number of hydrogen-bond acceptors (Lipinski definition) is 2. The molecule has 0 fully saturated rings. The Kier molecular flexibility index (Phi) is 4.27. The molecule has 0 spiro atoms. The van der Waals surface area contributed by atoms with E-state index in [4.69, 9.17) is 4.74 Å². The number of halogens is 2. The van der Waals surface area contributed by atoms with Crippen molar-refractivity contribution in [2.75, 3.05) is 13.2 Å². The van der Waals surface area contributed by atoms with E-state index in [9.17, 15) is 4.39 Å². The molecule has 0 amide bonds. The number of hydrogen-bond donors (Lipinski definition) is 1. The van der Waals surface area contributed by atoms with Crippen LogP contribution in [0.4, 0.5) is 4.39 Å². The van der Waals surface area contributed by atoms with Gasteiger partial charge >= 0.3 is 0 Å². The molecular weight excluding hydrogens is 333 g/mol. The maximum Gasteiger partial charge on any atom is 0.137 e. The molecule has 0 saturated heterocycles. The van der Waals surface area contributed by atoms with Gasteiger partial charge in [-0.2, -0.15) is 0 Å². The number of rotatable bonds is 4. The summed E-state index contributed by atoms with van der Waals surface area (Å²) < 4.78 is 19.5. The van der Waals surface area contributed by atoms with Gasteiger partial charge in [-0.3, -0.25) is 0 Å². The molecule has 0 saturated carbocycles. The van der Waals surface area contributed by atoms with Crippen LogP contribution in [0, 0.1) is 5.82 Å². The Balaban J connectivity index is 1.99. The van der Waals surface area contributed by atoms with Crippen LogP contribution in [0.1, 0.15) is 29.7 Å². The minimum Gasteiger partial charge on any atom is -0.493 e. The van der Waals surface area contributed by atoms with Crippen molar-refractivity contribution in [3.8, 4) is 5.75 Å². The summed E-state index contributed by atoms with van der Waals surface area (Å²) in [6, 6.07) is 11.5. The molecule has 1 heterocycles. The summed E-state index contributed by atoms with van der Waals surface area (Å²) in [7, 11) is 0. The smallest absolute Gasteiger partial charge is 0.137 e. The first-order chi connectivity index (χ1) is 10.2. The van der Waals surface area contributed by atoms with Crippen LogP contribution in [0.25, 0.3) is 0 Å². The van der Waals surface area contributed by atoms with Crippen molar-refractivity contribution in [3.63, 3.8) is 0 Å². The van der Waals surface area contributed by atoms with Gasteiger partial charge in [-0.25, -0.2) is 4.39 Å². The first-order valence-corrected chi connectivity index (χ1v) is 7.92. The van der Waals surface area contributed by atoms with E-state index in [1.807, 2.05) is 18.2 Å². The fraction of sp³-hybridized carbons (Fsp3) is 0.294. The summed E-state index contributed by atoms with van der Waals surface area (Å²) >= 11 is 3.26. The van der Waals surface area contributed by atoms with E-state index in [2.05, 4.69) is 40.3 Å². The molecule has 0 bridgehead atoms. The van der Waals surface area contributed by atoms with Gasteiger partial charge in [-0.05, 0) is 57.4 Å². The second-order valence-electron chi connectivity index (χ2n) is 5.13. The Labute approximate surface area is 132 Å². The SMILES string of the molecule is CCNC(c1ccc(F)c(Br)c1)c1ccc2c(c1)CCO2. The van der Waals surface area contributed by atoms with E-state index in [0.717, 1.165) is 30.9 Å².